The fourth-order valence-corrected chi connectivity index (χ4v) is 2.64. The summed E-state index contributed by atoms with van der Waals surface area (Å²) < 4.78 is 1.99. The quantitative estimate of drug-likeness (QED) is 0.598. The zero-order valence-electron chi connectivity index (χ0n) is 11.3. The SMILES string of the molecule is NCCc1c[nH]c2ccc(-n3cnc4ncncc43)cc12. The van der Waals surface area contributed by atoms with Crippen molar-refractivity contribution in [3.8, 4) is 5.69 Å². The number of rotatable bonds is 3. The van der Waals surface area contributed by atoms with Gasteiger partial charge >= 0.3 is 0 Å². The van der Waals surface area contributed by atoms with E-state index in [1.165, 1.54) is 17.3 Å². The number of hydrogen-bond donors (Lipinski definition) is 2. The summed E-state index contributed by atoms with van der Waals surface area (Å²) in [5, 5.41) is 1.19. The highest BCUT2D eigenvalue weighted by molar-refractivity contribution is 5.86. The Bertz CT molecular complexity index is 920. The third-order valence-electron chi connectivity index (χ3n) is 3.67. The van der Waals surface area contributed by atoms with Crippen molar-refractivity contribution in [2.45, 2.75) is 6.42 Å². The predicted molar refractivity (Wildman–Crippen MR) is 81.3 cm³/mol. The highest BCUT2D eigenvalue weighted by Gasteiger charge is 2.08. The van der Waals surface area contributed by atoms with Gasteiger partial charge in [0.2, 0.25) is 0 Å². The molecule has 0 aliphatic carbocycles. The van der Waals surface area contributed by atoms with Crippen molar-refractivity contribution in [1.82, 2.24) is 24.5 Å². The first kappa shape index (κ1) is 12.0. The van der Waals surface area contributed by atoms with Crippen molar-refractivity contribution in [2.24, 2.45) is 5.73 Å². The molecule has 4 rings (SSSR count). The smallest absolute Gasteiger partial charge is 0.181 e. The van der Waals surface area contributed by atoms with Crippen LogP contribution >= 0.6 is 0 Å². The van der Waals surface area contributed by atoms with Gasteiger partial charge in [-0.2, -0.15) is 0 Å². The minimum atomic E-state index is 0.638. The molecule has 6 heteroatoms. The molecule has 0 radical (unpaired) electrons. The monoisotopic (exact) mass is 278 g/mol. The molecule has 0 atom stereocenters. The summed E-state index contributed by atoms with van der Waals surface area (Å²) >= 11 is 0. The number of hydrogen-bond acceptors (Lipinski definition) is 4. The van der Waals surface area contributed by atoms with Gasteiger partial charge in [0.25, 0.3) is 0 Å². The molecular formula is C15H14N6. The summed E-state index contributed by atoms with van der Waals surface area (Å²) in [7, 11) is 0. The van der Waals surface area contributed by atoms with E-state index in [0.29, 0.717) is 12.2 Å². The Kier molecular flexibility index (Phi) is 2.68. The van der Waals surface area contributed by atoms with Crippen molar-refractivity contribution in [3.63, 3.8) is 0 Å². The minimum Gasteiger partial charge on any atom is -0.361 e. The van der Waals surface area contributed by atoms with Crippen LogP contribution in [0.2, 0.25) is 0 Å². The lowest BCUT2D eigenvalue weighted by Crippen LogP contribution is -2.02. The molecule has 1 aromatic carbocycles. The van der Waals surface area contributed by atoms with E-state index < -0.39 is 0 Å². The standard InChI is InChI=1S/C15H14N6/c16-4-3-10-6-18-13-2-1-11(5-12(10)13)21-9-20-15-14(21)7-17-8-19-15/h1-2,5-9,18H,3-4,16H2. The highest BCUT2D eigenvalue weighted by atomic mass is 15.1. The Morgan fingerprint density at radius 3 is 3.10 bits per heavy atom. The lowest BCUT2D eigenvalue weighted by atomic mass is 10.1. The number of nitrogens with zero attached hydrogens (tertiary/aromatic N) is 4. The maximum absolute atomic E-state index is 5.67. The Balaban J connectivity index is 1.91. The lowest BCUT2D eigenvalue weighted by molar-refractivity contribution is 0.976. The average molecular weight is 278 g/mol. The van der Waals surface area contributed by atoms with Crippen LogP contribution in [-0.2, 0) is 6.42 Å². The first-order chi connectivity index (χ1) is 10.4. The molecular weight excluding hydrogens is 264 g/mol. The number of benzene rings is 1. The molecule has 0 spiro atoms. The molecule has 4 aromatic rings. The second-order valence-electron chi connectivity index (χ2n) is 4.93. The molecule has 3 aromatic heterocycles. The number of H-pyrrole nitrogens is 1. The van der Waals surface area contributed by atoms with Crippen LogP contribution in [0.15, 0.2) is 43.2 Å². The van der Waals surface area contributed by atoms with Crippen LogP contribution in [0.5, 0.6) is 0 Å². The zero-order valence-corrected chi connectivity index (χ0v) is 11.3. The first-order valence-corrected chi connectivity index (χ1v) is 6.80. The van der Waals surface area contributed by atoms with Gasteiger partial charge in [-0.3, -0.25) is 4.57 Å². The molecule has 0 unspecified atom stereocenters. The van der Waals surface area contributed by atoms with Crippen molar-refractivity contribution in [3.05, 3.63) is 48.8 Å². The van der Waals surface area contributed by atoms with E-state index in [2.05, 4.69) is 38.1 Å². The maximum Gasteiger partial charge on any atom is 0.181 e. The number of fused-ring (bicyclic) bond motifs is 2. The van der Waals surface area contributed by atoms with Gasteiger partial charge in [0.05, 0.1) is 6.20 Å². The number of aromatic amines is 1. The summed E-state index contributed by atoms with van der Waals surface area (Å²) in [5.74, 6) is 0. The lowest BCUT2D eigenvalue weighted by Gasteiger charge is -2.05. The van der Waals surface area contributed by atoms with E-state index in [4.69, 9.17) is 5.73 Å². The summed E-state index contributed by atoms with van der Waals surface area (Å²) in [6.45, 7) is 0.638. The molecule has 104 valence electrons. The topological polar surface area (TPSA) is 85.4 Å². The number of aromatic nitrogens is 5. The molecule has 0 saturated heterocycles. The molecule has 6 nitrogen and oxygen atoms in total. The number of nitrogens with two attached hydrogens (primary N) is 1. The molecule has 0 fully saturated rings. The Hall–Kier alpha value is -2.73. The van der Waals surface area contributed by atoms with E-state index in [9.17, 15) is 0 Å². The van der Waals surface area contributed by atoms with E-state index in [-0.39, 0.29) is 0 Å². The Morgan fingerprint density at radius 2 is 2.19 bits per heavy atom. The molecule has 0 saturated carbocycles. The first-order valence-electron chi connectivity index (χ1n) is 6.80. The minimum absolute atomic E-state index is 0.638. The van der Waals surface area contributed by atoms with Crippen molar-refractivity contribution in [1.29, 1.82) is 0 Å². The molecule has 0 bridgehead atoms. The summed E-state index contributed by atoms with van der Waals surface area (Å²) in [6.07, 6.45) is 7.94. The molecule has 0 amide bonds. The van der Waals surface area contributed by atoms with Gasteiger partial charge in [0.1, 0.15) is 18.2 Å². The largest absolute Gasteiger partial charge is 0.361 e. The van der Waals surface area contributed by atoms with E-state index >= 15 is 0 Å². The van der Waals surface area contributed by atoms with Gasteiger partial charge < -0.3 is 10.7 Å². The molecule has 21 heavy (non-hydrogen) atoms. The van der Waals surface area contributed by atoms with Crippen LogP contribution in [0.25, 0.3) is 27.8 Å². The average Bonchev–Trinajstić information content (AvgIpc) is 3.11. The third-order valence-corrected chi connectivity index (χ3v) is 3.67. The fraction of sp³-hybridized carbons (Fsp3) is 0.133. The van der Waals surface area contributed by atoms with Crippen molar-refractivity contribution < 1.29 is 0 Å². The second kappa shape index (κ2) is 4.68. The number of nitrogens with one attached hydrogen (secondary N) is 1. The molecule has 0 aliphatic rings. The zero-order chi connectivity index (χ0) is 14.2. The molecule has 0 aliphatic heterocycles. The van der Waals surface area contributed by atoms with E-state index in [0.717, 1.165) is 23.1 Å². The third kappa shape index (κ3) is 1.88. The predicted octanol–water partition coefficient (Wildman–Crippen LogP) is 1.80. The van der Waals surface area contributed by atoms with Gasteiger partial charge in [0, 0.05) is 22.8 Å². The van der Waals surface area contributed by atoms with Gasteiger partial charge in [-0.05, 0) is 36.7 Å². The van der Waals surface area contributed by atoms with Crippen LogP contribution < -0.4 is 5.73 Å². The van der Waals surface area contributed by atoms with Crippen molar-refractivity contribution >= 4 is 22.1 Å². The van der Waals surface area contributed by atoms with Gasteiger partial charge in [-0.1, -0.05) is 0 Å². The van der Waals surface area contributed by atoms with Gasteiger partial charge in [-0.15, -0.1) is 0 Å². The summed E-state index contributed by atoms with van der Waals surface area (Å²) in [5.41, 5.74) is 10.6. The second-order valence-corrected chi connectivity index (χ2v) is 4.93. The van der Waals surface area contributed by atoms with Crippen molar-refractivity contribution in [2.75, 3.05) is 6.54 Å². The van der Waals surface area contributed by atoms with Gasteiger partial charge in [-0.25, -0.2) is 15.0 Å². The van der Waals surface area contributed by atoms with Gasteiger partial charge in [0.15, 0.2) is 5.65 Å². The molecule has 3 N–H and O–H groups in total. The van der Waals surface area contributed by atoms with Crippen LogP contribution in [0.3, 0.4) is 0 Å². The summed E-state index contributed by atoms with van der Waals surface area (Å²) in [4.78, 5) is 15.8. The Labute approximate surface area is 120 Å². The van der Waals surface area contributed by atoms with Crippen LogP contribution in [0.4, 0.5) is 0 Å². The fourth-order valence-electron chi connectivity index (χ4n) is 2.64. The normalized spacial score (nSPS) is 11.5. The van der Waals surface area contributed by atoms with Crippen LogP contribution in [-0.4, -0.2) is 31.0 Å². The molecule has 3 heterocycles. The van der Waals surface area contributed by atoms with Crippen LogP contribution in [0, 0.1) is 0 Å². The van der Waals surface area contributed by atoms with E-state index in [1.807, 2.05) is 10.8 Å². The van der Waals surface area contributed by atoms with E-state index in [1.54, 1.807) is 12.5 Å². The van der Waals surface area contributed by atoms with Crippen LogP contribution in [0.1, 0.15) is 5.56 Å². The summed E-state index contributed by atoms with van der Waals surface area (Å²) in [6, 6.07) is 6.27. The Morgan fingerprint density at radius 1 is 1.24 bits per heavy atom. The maximum atomic E-state index is 5.67. The number of imidazole rings is 1. The highest BCUT2D eigenvalue weighted by Crippen LogP contribution is 2.23.